The van der Waals surface area contributed by atoms with Crippen LogP contribution in [0.15, 0.2) is 0 Å². The fourth-order valence-corrected chi connectivity index (χ4v) is 7.94. The molecule has 0 saturated heterocycles. The highest BCUT2D eigenvalue weighted by molar-refractivity contribution is 5.72. The number of ether oxygens (including phenoxy) is 2. The summed E-state index contributed by atoms with van der Waals surface area (Å²) in [6, 6.07) is 0. The zero-order chi connectivity index (χ0) is 42.0. The van der Waals surface area contributed by atoms with Gasteiger partial charge < -0.3 is 24.8 Å². The Balaban J connectivity index is 4.68. The van der Waals surface area contributed by atoms with Crippen molar-refractivity contribution in [2.45, 2.75) is 252 Å². The van der Waals surface area contributed by atoms with Crippen LogP contribution < -0.4 is 0 Å². The molecule has 0 aliphatic rings. The van der Waals surface area contributed by atoms with Gasteiger partial charge in [0.1, 0.15) is 0 Å². The van der Waals surface area contributed by atoms with Crippen molar-refractivity contribution >= 4 is 11.9 Å². The van der Waals surface area contributed by atoms with Crippen LogP contribution in [-0.2, 0) is 19.1 Å². The van der Waals surface area contributed by atoms with E-state index < -0.39 is 12.2 Å². The van der Waals surface area contributed by atoms with Crippen molar-refractivity contribution in [3.05, 3.63) is 0 Å². The summed E-state index contributed by atoms with van der Waals surface area (Å²) in [5.74, 6) is -0.0483. The quantitative estimate of drug-likeness (QED) is 0.0411. The van der Waals surface area contributed by atoms with Gasteiger partial charge in [-0.15, -0.1) is 0 Å². The Morgan fingerprint density at radius 1 is 0.421 bits per heavy atom. The maximum absolute atomic E-state index is 13.0. The van der Waals surface area contributed by atoms with Crippen LogP contribution in [0.5, 0.6) is 0 Å². The smallest absolute Gasteiger partial charge is 0.308 e. The topological polar surface area (TPSA) is 117 Å². The summed E-state index contributed by atoms with van der Waals surface area (Å²) in [6.45, 7) is 11.6. The van der Waals surface area contributed by atoms with E-state index in [-0.39, 0.29) is 30.4 Å². The molecule has 0 aliphatic heterocycles. The first-order valence-corrected chi connectivity index (χ1v) is 24.8. The maximum Gasteiger partial charge on any atom is 0.308 e. The number of carbonyl (C=O) groups excluding carboxylic acids is 2. The Hall–Kier alpha value is -1.22. The van der Waals surface area contributed by atoms with E-state index in [0.29, 0.717) is 39.1 Å². The van der Waals surface area contributed by atoms with E-state index in [0.717, 1.165) is 103 Å². The Kier molecular flexibility index (Phi) is 42.0. The molecule has 57 heavy (non-hydrogen) atoms. The van der Waals surface area contributed by atoms with Gasteiger partial charge in [-0.3, -0.25) is 14.5 Å². The van der Waals surface area contributed by atoms with Crippen LogP contribution in [-0.4, -0.2) is 83.8 Å². The molecule has 8 nitrogen and oxygen atoms in total. The molecule has 0 amide bonds. The van der Waals surface area contributed by atoms with E-state index in [1.165, 1.54) is 103 Å². The molecule has 4 atom stereocenters. The number of rotatable bonds is 45. The van der Waals surface area contributed by atoms with Crippen molar-refractivity contribution in [1.29, 1.82) is 0 Å². The van der Waals surface area contributed by atoms with Crippen molar-refractivity contribution in [2.75, 3.05) is 39.5 Å². The molecule has 0 aromatic carbocycles. The van der Waals surface area contributed by atoms with E-state index in [4.69, 9.17) is 9.47 Å². The van der Waals surface area contributed by atoms with Gasteiger partial charge in [0.15, 0.2) is 0 Å². The monoisotopic (exact) mass is 812 g/mol. The second-order valence-electron chi connectivity index (χ2n) is 17.4. The van der Waals surface area contributed by atoms with E-state index in [9.17, 15) is 24.9 Å². The zero-order valence-electron chi connectivity index (χ0n) is 38.3. The lowest BCUT2D eigenvalue weighted by Crippen LogP contribution is -2.38. The SMILES string of the molecule is CCCCCCCCC(CCCCCC)C(=O)OCCCCC(O)CN(CCCCCO)C[C@H](O)CCCCOC(=O)C(CCCCCC)CCCCCCCC. The highest BCUT2D eigenvalue weighted by Crippen LogP contribution is 2.22. The molecule has 0 spiro atoms. The number of hydrogen-bond donors (Lipinski definition) is 3. The molecule has 0 heterocycles. The van der Waals surface area contributed by atoms with Crippen LogP contribution in [0.3, 0.4) is 0 Å². The highest BCUT2D eigenvalue weighted by Gasteiger charge is 2.21. The largest absolute Gasteiger partial charge is 0.465 e. The summed E-state index contributed by atoms with van der Waals surface area (Å²) in [5.41, 5.74) is 0. The van der Waals surface area contributed by atoms with Crippen LogP contribution in [0.1, 0.15) is 240 Å². The molecule has 8 heteroatoms. The molecular weight excluding hydrogens is 715 g/mol. The van der Waals surface area contributed by atoms with Gasteiger partial charge >= 0.3 is 11.9 Å². The first-order chi connectivity index (χ1) is 27.8. The minimum absolute atomic E-state index is 0.0108. The van der Waals surface area contributed by atoms with Gasteiger partial charge in [-0.2, -0.15) is 0 Å². The van der Waals surface area contributed by atoms with E-state index in [1.807, 2.05) is 0 Å². The van der Waals surface area contributed by atoms with E-state index in [2.05, 4.69) is 32.6 Å². The van der Waals surface area contributed by atoms with Crippen molar-refractivity contribution in [1.82, 2.24) is 4.90 Å². The van der Waals surface area contributed by atoms with Gasteiger partial charge in [0.05, 0.1) is 37.3 Å². The summed E-state index contributed by atoms with van der Waals surface area (Å²) in [4.78, 5) is 28.2. The molecule has 0 aromatic rings. The van der Waals surface area contributed by atoms with Crippen LogP contribution in [0.2, 0.25) is 0 Å². The second-order valence-corrected chi connectivity index (χ2v) is 17.4. The summed E-state index contributed by atoms with van der Waals surface area (Å²) in [6.07, 6.45) is 33.7. The minimum Gasteiger partial charge on any atom is -0.465 e. The van der Waals surface area contributed by atoms with Crippen molar-refractivity contribution in [3.63, 3.8) is 0 Å². The molecule has 0 fully saturated rings. The Labute approximate surface area is 353 Å². The van der Waals surface area contributed by atoms with Crippen molar-refractivity contribution in [3.8, 4) is 0 Å². The summed E-state index contributed by atoms with van der Waals surface area (Å²) in [5, 5.41) is 31.1. The number of esters is 2. The van der Waals surface area contributed by atoms with Crippen molar-refractivity contribution < 1.29 is 34.4 Å². The Bertz CT molecular complexity index is 796. The molecule has 0 saturated carbocycles. The fraction of sp³-hybridized carbons (Fsp3) is 0.959. The standard InChI is InChI=1S/C49H97NO7/c1-5-9-13-17-19-24-34-44(32-22-15-11-7-3)48(54)56-40-30-26-36-46(52)42-50(38-28-21-29-39-51)43-47(53)37-27-31-41-57-49(55)45(33-23-16-12-8-4)35-25-20-18-14-10-6-2/h44-47,51-53H,5-43H2,1-4H3/t44?,45?,46-,47?/m1/s1. The van der Waals surface area contributed by atoms with Crippen LogP contribution in [0.4, 0.5) is 0 Å². The number of hydrogen-bond acceptors (Lipinski definition) is 8. The molecule has 0 rings (SSSR count). The van der Waals surface area contributed by atoms with Gasteiger partial charge in [-0.25, -0.2) is 0 Å². The van der Waals surface area contributed by atoms with E-state index >= 15 is 0 Å². The molecule has 0 aromatic heterocycles. The van der Waals surface area contributed by atoms with Gasteiger partial charge in [-0.1, -0.05) is 156 Å². The normalized spacial score (nSPS) is 13.8. The number of unbranched alkanes of at least 4 members (excludes halogenated alkanes) is 20. The first kappa shape index (κ1) is 55.8. The van der Waals surface area contributed by atoms with Gasteiger partial charge in [-0.05, 0) is 90.0 Å². The maximum atomic E-state index is 13.0. The minimum atomic E-state index is -0.518. The Morgan fingerprint density at radius 2 is 0.737 bits per heavy atom. The summed E-state index contributed by atoms with van der Waals surface area (Å²) in [7, 11) is 0. The number of carbonyl (C=O) groups is 2. The van der Waals surface area contributed by atoms with Crippen LogP contribution in [0.25, 0.3) is 0 Å². The molecular formula is C49H97NO7. The lowest BCUT2D eigenvalue weighted by molar-refractivity contribution is -0.150. The summed E-state index contributed by atoms with van der Waals surface area (Å²) >= 11 is 0. The lowest BCUT2D eigenvalue weighted by Gasteiger charge is -2.27. The third kappa shape index (κ3) is 36.4. The average molecular weight is 812 g/mol. The molecule has 3 unspecified atom stereocenters. The van der Waals surface area contributed by atoms with Gasteiger partial charge in [0.2, 0.25) is 0 Å². The average Bonchev–Trinajstić information content (AvgIpc) is 3.20. The summed E-state index contributed by atoms with van der Waals surface area (Å²) < 4.78 is 11.5. The van der Waals surface area contributed by atoms with E-state index in [1.54, 1.807) is 0 Å². The van der Waals surface area contributed by atoms with Crippen molar-refractivity contribution in [2.24, 2.45) is 11.8 Å². The third-order valence-electron chi connectivity index (χ3n) is 11.7. The highest BCUT2D eigenvalue weighted by atomic mass is 16.5. The first-order valence-electron chi connectivity index (χ1n) is 24.8. The molecule has 0 bridgehead atoms. The predicted octanol–water partition coefficient (Wildman–Crippen LogP) is 12.3. The Morgan fingerprint density at radius 3 is 1.11 bits per heavy atom. The second kappa shape index (κ2) is 42.9. The number of nitrogens with zero attached hydrogens (tertiary/aromatic N) is 1. The lowest BCUT2D eigenvalue weighted by atomic mass is 9.94. The fourth-order valence-electron chi connectivity index (χ4n) is 7.94. The molecule has 340 valence electrons. The number of aliphatic hydroxyl groups is 3. The van der Waals surface area contributed by atoms with Crippen LogP contribution >= 0.6 is 0 Å². The number of aliphatic hydroxyl groups excluding tert-OH is 3. The van der Waals surface area contributed by atoms with Crippen LogP contribution in [0, 0.1) is 11.8 Å². The zero-order valence-corrected chi connectivity index (χ0v) is 38.3. The molecule has 0 aliphatic carbocycles. The molecule has 0 radical (unpaired) electrons. The third-order valence-corrected chi connectivity index (χ3v) is 11.7. The van der Waals surface area contributed by atoms with Gasteiger partial charge in [0.25, 0.3) is 0 Å². The van der Waals surface area contributed by atoms with Gasteiger partial charge in [0, 0.05) is 19.7 Å². The predicted molar refractivity (Wildman–Crippen MR) is 239 cm³/mol. The molecule has 3 N–H and O–H groups in total.